The molecule has 1 N–H and O–H groups in total. The molecule has 0 aliphatic carbocycles. The minimum atomic E-state index is -3.82. The van der Waals surface area contributed by atoms with Crippen LogP contribution in [0.1, 0.15) is 5.56 Å². The van der Waals surface area contributed by atoms with Gasteiger partial charge in [-0.05, 0) is 19.1 Å². The van der Waals surface area contributed by atoms with Gasteiger partial charge in [-0.15, -0.1) is 10.2 Å². The van der Waals surface area contributed by atoms with E-state index in [4.69, 9.17) is 9.47 Å². The summed E-state index contributed by atoms with van der Waals surface area (Å²) in [6, 6.07) is 12.1. The number of anilines is 1. The Morgan fingerprint density at radius 3 is 2.31 bits per heavy atom. The fraction of sp³-hybridized carbons (Fsp3) is 0.176. The van der Waals surface area contributed by atoms with Crippen LogP contribution in [0.25, 0.3) is 10.6 Å². The van der Waals surface area contributed by atoms with Gasteiger partial charge in [-0.1, -0.05) is 41.2 Å². The maximum atomic E-state index is 12.6. The Balaban J connectivity index is 1.85. The molecule has 2 aromatic carbocycles. The molecule has 26 heavy (non-hydrogen) atoms. The third-order valence-electron chi connectivity index (χ3n) is 3.61. The first kappa shape index (κ1) is 18.2. The van der Waals surface area contributed by atoms with Gasteiger partial charge < -0.3 is 9.47 Å². The summed E-state index contributed by atoms with van der Waals surface area (Å²) in [7, 11) is -0.895. The number of hydrogen-bond acceptors (Lipinski definition) is 7. The van der Waals surface area contributed by atoms with Crippen LogP contribution in [0.3, 0.4) is 0 Å². The van der Waals surface area contributed by atoms with Crippen LogP contribution in [-0.2, 0) is 10.0 Å². The second-order valence-corrected chi connectivity index (χ2v) is 8.06. The fourth-order valence-electron chi connectivity index (χ4n) is 2.23. The van der Waals surface area contributed by atoms with Crippen molar-refractivity contribution in [2.24, 2.45) is 0 Å². The summed E-state index contributed by atoms with van der Waals surface area (Å²) in [6.45, 7) is 1.99. The lowest BCUT2D eigenvalue weighted by Crippen LogP contribution is -2.13. The molecule has 0 spiro atoms. The van der Waals surface area contributed by atoms with Crippen molar-refractivity contribution in [3.63, 3.8) is 0 Å². The lowest BCUT2D eigenvalue weighted by Gasteiger charge is -2.10. The number of rotatable bonds is 6. The van der Waals surface area contributed by atoms with Crippen LogP contribution in [0.5, 0.6) is 11.5 Å². The molecule has 0 unspecified atom stereocenters. The van der Waals surface area contributed by atoms with Gasteiger partial charge in [-0.3, -0.25) is 4.72 Å². The van der Waals surface area contributed by atoms with Gasteiger partial charge >= 0.3 is 0 Å². The van der Waals surface area contributed by atoms with Crippen LogP contribution in [0.15, 0.2) is 47.4 Å². The number of hydrogen-bond donors (Lipinski definition) is 1. The van der Waals surface area contributed by atoms with Crippen molar-refractivity contribution in [1.82, 2.24) is 10.2 Å². The van der Waals surface area contributed by atoms with Gasteiger partial charge in [0.15, 0.2) is 11.5 Å². The molecule has 0 aliphatic rings. The van der Waals surface area contributed by atoms with Crippen molar-refractivity contribution >= 4 is 26.5 Å². The second-order valence-electron chi connectivity index (χ2n) is 5.40. The fourth-order valence-corrected chi connectivity index (χ4v) is 4.23. The highest BCUT2D eigenvalue weighted by molar-refractivity contribution is 7.93. The summed E-state index contributed by atoms with van der Waals surface area (Å²) in [5, 5.41) is 8.80. The maximum Gasteiger partial charge on any atom is 0.263 e. The van der Waals surface area contributed by atoms with Crippen LogP contribution in [0.4, 0.5) is 5.13 Å². The summed E-state index contributed by atoms with van der Waals surface area (Å²) >= 11 is 1.16. The van der Waals surface area contributed by atoms with E-state index < -0.39 is 10.0 Å². The molecule has 1 heterocycles. The lowest BCUT2D eigenvalue weighted by molar-refractivity contribution is 0.354. The minimum Gasteiger partial charge on any atom is -0.493 e. The summed E-state index contributed by atoms with van der Waals surface area (Å²) in [4.78, 5) is 0.0437. The number of nitrogens with zero attached hydrogens (tertiary/aromatic N) is 2. The molecule has 1 aromatic heterocycles. The number of benzene rings is 2. The van der Waals surface area contributed by atoms with Gasteiger partial charge in [0.2, 0.25) is 5.13 Å². The minimum absolute atomic E-state index is 0.0437. The van der Waals surface area contributed by atoms with Crippen molar-refractivity contribution in [1.29, 1.82) is 0 Å². The first-order valence-electron chi connectivity index (χ1n) is 7.58. The molecule has 0 bridgehead atoms. The van der Waals surface area contributed by atoms with Crippen molar-refractivity contribution in [3.05, 3.63) is 48.0 Å². The van der Waals surface area contributed by atoms with Crippen molar-refractivity contribution in [3.8, 4) is 22.1 Å². The molecule has 0 saturated heterocycles. The zero-order chi connectivity index (χ0) is 18.7. The summed E-state index contributed by atoms with van der Waals surface area (Å²) in [5.41, 5.74) is 2.01. The monoisotopic (exact) mass is 391 g/mol. The Morgan fingerprint density at radius 2 is 1.65 bits per heavy atom. The van der Waals surface area contributed by atoms with E-state index in [0.717, 1.165) is 22.5 Å². The number of aryl methyl sites for hydroxylation is 1. The predicted octanol–water partition coefficient (Wildman–Crippen LogP) is 3.33. The molecule has 0 atom stereocenters. The SMILES string of the molecule is COc1ccc(S(=O)(=O)Nc2nnc(-c3ccc(C)cc3)s2)cc1OC. The van der Waals surface area contributed by atoms with Gasteiger partial charge in [-0.2, -0.15) is 0 Å². The highest BCUT2D eigenvalue weighted by atomic mass is 32.2. The molecule has 0 radical (unpaired) electrons. The van der Waals surface area contributed by atoms with Crippen molar-refractivity contribution < 1.29 is 17.9 Å². The molecule has 3 aromatic rings. The molecule has 0 aliphatic heterocycles. The highest BCUT2D eigenvalue weighted by Crippen LogP contribution is 2.31. The number of methoxy groups -OCH3 is 2. The predicted molar refractivity (Wildman–Crippen MR) is 100 cm³/mol. The summed E-state index contributed by atoms with van der Waals surface area (Å²) < 4.78 is 37.9. The van der Waals surface area contributed by atoms with E-state index in [9.17, 15) is 8.42 Å². The zero-order valence-corrected chi connectivity index (χ0v) is 16.0. The average molecular weight is 391 g/mol. The average Bonchev–Trinajstić information content (AvgIpc) is 3.09. The number of ether oxygens (including phenoxy) is 2. The maximum absolute atomic E-state index is 12.6. The van der Waals surface area contributed by atoms with Gasteiger partial charge in [-0.25, -0.2) is 8.42 Å². The van der Waals surface area contributed by atoms with Gasteiger partial charge in [0.05, 0.1) is 19.1 Å². The van der Waals surface area contributed by atoms with Crippen LogP contribution in [0.2, 0.25) is 0 Å². The Bertz CT molecular complexity index is 1010. The van der Waals surface area contributed by atoms with E-state index in [1.165, 1.54) is 32.4 Å². The van der Waals surface area contributed by atoms with E-state index >= 15 is 0 Å². The van der Waals surface area contributed by atoms with Gasteiger partial charge in [0.25, 0.3) is 10.0 Å². The van der Waals surface area contributed by atoms with E-state index in [-0.39, 0.29) is 10.0 Å². The number of nitrogens with one attached hydrogen (secondary N) is 1. The Kier molecular flexibility index (Phi) is 5.10. The smallest absolute Gasteiger partial charge is 0.263 e. The third-order valence-corrected chi connectivity index (χ3v) is 5.96. The number of aromatic nitrogens is 2. The molecular weight excluding hydrogens is 374 g/mol. The second kappa shape index (κ2) is 7.30. The molecule has 136 valence electrons. The lowest BCUT2D eigenvalue weighted by atomic mass is 10.2. The summed E-state index contributed by atoms with van der Waals surface area (Å²) in [6.07, 6.45) is 0. The molecule has 0 saturated carbocycles. The molecule has 7 nitrogen and oxygen atoms in total. The van der Waals surface area contributed by atoms with E-state index in [0.29, 0.717) is 16.5 Å². The largest absolute Gasteiger partial charge is 0.493 e. The Hall–Kier alpha value is -2.65. The van der Waals surface area contributed by atoms with Crippen LogP contribution < -0.4 is 14.2 Å². The van der Waals surface area contributed by atoms with E-state index in [1.807, 2.05) is 31.2 Å². The summed E-state index contributed by atoms with van der Waals surface area (Å²) in [5.74, 6) is 0.775. The molecule has 3 rings (SSSR count). The van der Waals surface area contributed by atoms with Crippen LogP contribution in [0, 0.1) is 6.92 Å². The Morgan fingerprint density at radius 1 is 0.962 bits per heavy atom. The number of sulfonamides is 1. The first-order chi connectivity index (χ1) is 12.4. The van der Waals surface area contributed by atoms with Crippen LogP contribution in [-0.4, -0.2) is 32.8 Å². The van der Waals surface area contributed by atoms with E-state index in [2.05, 4.69) is 14.9 Å². The zero-order valence-electron chi connectivity index (χ0n) is 14.4. The van der Waals surface area contributed by atoms with Crippen LogP contribution >= 0.6 is 11.3 Å². The normalized spacial score (nSPS) is 11.2. The third kappa shape index (κ3) is 3.78. The first-order valence-corrected chi connectivity index (χ1v) is 9.88. The highest BCUT2D eigenvalue weighted by Gasteiger charge is 2.19. The van der Waals surface area contributed by atoms with Crippen molar-refractivity contribution in [2.75, 3.05) is 18.9 Å². The van der Waals surface area contributed by atoms with E-state index in [1.54, 1.807) is 0 Å². The van der Waals surface area contributed by atoms with Gasteiger partial charge in [0, 0.05) is 11.6 Å². The molecule has 0 fully saturated rings. The topological polar surface area (TPSA) is 90.4 Å². The Labute approximate surface area is 155 Å². The molecule has 0 amide bonds. The molecular formula is C17H17N3O4S2. The van der Waals surface area contributed by atoms with Crippen molar-refractivity contribution in [2.45, 2.75) is 11.8 Å². The van der Waals surface area contributed by atoms with Gasteiger partial charge in [0.1, 0.15) is 5.01 Å². The molecule has 9 heteroatoms. The standard InChI is InChI=1S/C17H17N3O4S2/c1-11-4-6-12(7-5-11)16-18-19-17(25-16)20-26(21,22)13-8-9-14(23-2)15(10-13)24-3/h4-10H,1-3H3,(H,19,20). The quantitative estimate of drug-likeness (QED) is 0.693.